The van der Waals surface area contributed by atoms with E-state index in [4.69, 9.17) is 4.74 Å². The molecule has 1 atom stereocenters. The van der Waals surface area contributed by atoms with Crippen LogP contribution in [0.3, 0.4) is 0 Å². The van der Waals surface area contributed by atoms with E-state index >= 15 is 0 Å². The van der Waals surface area contributed by atoms with Gasteiger partial charge in [0.1, 0.15) is 5.70 Å². The number of amides is 2. The van der Waals surface area contributed by atoms with Crippen molar-refractivity contribution >= 4 is 29.5 Å². The lowest BCUT2D eigenvalue weighted by molar-refractivity contribution is -0.149. The molecular formula is C20H18F2N2O4. The number of hydrogen-bond acceptors (Lipinski definition) is 4. The van der Waals surface area contributed by atoms with Gasteiger partial charge in [0.25, 0.3) is 5.91 Å². The Hall–Kier alpha value is -3.55. The fourth-order valence-corrected chi connectivity index (χ4v) is 2.15. The number of esters is 1. The summed E-state index contributed by atoms with van der Waals surface area (Å²) in [6.07, 6.45) is 0.150. The van der Waals surface area contributed by atoms with Gasteiger partial charge in [0.15, 0.2) is 17.7 Å². The molecule has 2 aromatic carbocycles. The highest BCUT2D eigenvalue weighted by atomic mass is 19.2. The van der Waals surface area contributed by atoms with Crippen LogP contribution in [-0.4, -0.2) is 23.9 Å². The smallest absolute Gasteiger partial charge is 0.355 e. The molecule has 0 aliphatic rings. The molecule has 0 saturated heterocycles. The first-order valence-corrected chi connectivity index (χ1v) is 8.27. The number of benzene rings is 2. The summed E-state index contributed by atoms with van der Waals surface area (Å²) in [5.41, 5.74) is 0.502. The van der Waals surface area contributed by atoms with Crippen molar-refractivity contribution in [1.82, 2.24) is 5.32 Å². The molecule has 0 aliphatic heterocycles. The van der Waals surface area contributed by atoms with E-state index in [1.165, 1.54) is 26.0 Å². The second-order valence-corrected chi connectivity index (χ2v) is 5.82. The number of carbonyl (C=O) groups excluding carboxylic acids is 3. The highest BCUT2D eigenvalue weighted by Crippen LogP contribution is 2.14. The molecule has 28 heavy (non-hydrogen) atoms. The largest absolute Gasteiger partial charge is 0.448 e. The van der Waals surface area contributed by atoms with Gasteiger partial charge < -0.3 is 15.4 Å². The van der Waals surface area contributed by atoms with Gasteiger partial charge in [-0.15, -0.1) is 0 Å². The minimum absolute atomic E-state index is 0.00807. The molecule has 0 heterocycles. The maximum absolute atomic E-state index is 13.2. The summed E-state index contributed by atoms with van der Waals surface area (Å²) in [6, 6.07) is 11.6. The Morgan fingerprint density at radius 2 is 1.71 bits per heavy atom. The Morgan fingerprint density at radius 1 is 1.04 bits per heavy atom. The zero-order valence-corrected chi connectivity index (χ0v) is 15.2. The van der Waals surface area contributed by atoms with Gasteiger partial charge in [-0.25, -0.2) is 13.6 Å². The summed E-state index contributed by atoms with van der Waals surface area (Å²) in [6.45, 7) is 2.53. The lowest BCUT2D eigenvalue weighted by Crippen LogP contribution is -2.33. The van der Waals surface area contributed by atoms with Gasteiger partial charge in [0.05, 0.1) is 0 Å². The van der Waals surface area contributed by atoms with E-state index in [1.807, 2.05) is 0 Å². The molecule has 8 heteroatoms. The predicted octanol–water partition coefficient (Wildman–Crippen LogP) is 3.01. The molecule has 0 bridgehead atoms. The lowest BCUT2D eigenvalue weighted by Gasteiger charge is -2.15. The molecule has 2 amide bonds. The molecule has 146 valence electrons. The maximum atomic E-state index is 13.2. The van der Waals surface area contributed by atoms with E-state index in [0.717, 1.165) is 12.1 Å². The molecule has 6 nitrogen and oxygen atoms in total. The second kappa shape index (κ2) is 9.40. The molecule has 2 aromatic rings. The van der Waals surface area contributed by atoms with Crippen LogP contribution in [0.2, 0.25) is 0 Å². The van der Waals surface area contributed by atoms with Crippen molar-refractivity contribution in [3.63, 3.8) is 0 Å². The highest BCUT2D eigenvalue weighted by molar-refractivity contribution is 6.00. The van der Waals surface area contributed by atoms with E-state index in [9.17, 15) is 23.2 Å². The van der Waals surface area contributed by atoms with E-state index in [-0.39, 0.29) is 11.4 Å². The first kappa shape index (κ1) is 20.8. The number of halogens is 2. The molecule has 2 rings (SSSR count). The van der Waals surface area contributed by atoms with Crippen molar-refractivity contribution in [2.24, 2.45) is 0 Å². The van der Waals surface area contributed by atoms with Crippen LogP contribution in [0.1, 0.15) is 19.4 Å². The number of rotatable bonds is 6. The van der Waals surface area contributed by atoms with Crippen molar-refractivity contribution in [2.45, 2.75) is 20.0 Å². The first-order valence-electron chi connectivity index (χ1n) is 8.27. The molecule has 2 N–H and O–H groups in total. The monoisotopic (exact) mass is 388 g/mol. The van der Waals surface area contributed by atoms with Gasteiger partial charge in [0, 0.05) is 18.7 Å². The van der Waals surface area contributed by atoms with E-state index in [1.54, 1.807) is 30.3 Å². The Kier molecular flexibility index (Phi) is 6.97. The Morgan fingerprint density at radius 3 is 2.32 bits per heavy atom. The van der Waals surface area contributed by atoms with Crippen LogP contribution in [0, 0.1) is 11.6 Å². The molecule has 0 aliphatic carbocycles. The van der Waals surface area contributed by atoms with Crippen LogP contribution >= 0.6 is 0 Å². The number of hydrogen-bond donors (Lipinski definition) is 2. The van der Waals surface area contributed by atoms with Crippen LogP contribution in [0.15, 0.2) is 54.2 Å². The van der Waals surface area contributed by atoms with Gasteiger partial charge in [-0.2, -0.15) is 0 Å². The Bertz CT molecular complexity index is 914. The third-order valence-electron chi connectivity index (χ3n) is 3.48. The van der Waals surface area contributed by atoms with Gasteiger partial charge in [-0.1, -0.05) is 30.3 Å². The molecule has 0 saturated carbocycles. The van der Waals surface area contributed by atoms with Crippen molar-refractivity contribution in [3.8, 4) is 0 Å². The average molecular weight is 388 g/mol. The summed E-state index contributed by atoms with van der Waals surface area (Å²) in [5.74, 6) is -4.34. The summed E-state index contributed by atoms with van der Waals surface area (Å²) in [7, 11) is 0. The maximum Gasteiger partial charge on any atom is 0.355 e. The predicted molar refractivity (Wildman–Crippen MR) is 98.8 cm³/mol. The fourth-order valence-electron chi connectivity index (χ4n) is 2.15. The number of carbonyl (C=O) groups is 3. The van der Waals surface area contributed by atoms with Crippen molar-refractivity contribution in [2.75, 3.05) is 5.32 Å². The topological polar surface area (TPSA) is 84.5 Å². The minimum atomic E-state index is -1.26. The molecule has 0 unspecified atom stereocenters. The zero-order chi connectivity index (χ0) is 20.7. The van der Waals surface area contributed by atoms with Crippen molar-refractivity contribution < 1.29 is 27.9 Å². The summed E-state index contributed by atoms with van der Waals surface area (Å²) < 4.78 is 31.2. The van der Waals surface area contributed by atoms with Crippen LogP contribution in [0.4, 0.5) is 14.5 Å². The van der Waals surface area contributed by atoms with Crippen LogP contribution in [0.5, 0.6) is 0 Å². The van der Waals surface area contributed by atoms with E-state index < -0.39 is 35.5 Å². The van der Waals surface area contributed by atoms with Gasteiger partial charge in [-0.05, 0) is 30.7 Å². The third kappa shape index (κ3) is 6.01. The number of anilines is 1. The molecule has 0 spiro atoms. The summed E-state index contributed by atoms with van der Waals surface area (Å²) in [4.78, 5) is 35.9. The van der Waals surface area contributed by atoms with Crippen molar-refractivity contribution in [1.29, 1.82) is 0 Å². The van der Waals surface area contributed by atoms with Gasteiger partial charge in [-0.3, -0.25) is 9.59 Å². The quantitative estimate of drug-likeness (QED) is 0.589. The minimum Gasteiger partial charge on any atom is -0.448 e. The third-order valence-corrected chi connectivity index (χ3v) is 3.48. The van der Waals surface area contributed by atoms with Crippen molar-refractivity contribution in [3.05, 3.63) is 71.4 Å². The van der Waals surface area contributed by atoms with Gasteiger partial charge >= 0.3 is 5.97 Å². The zero-order valence-electron chi connectivity index (χ0n) is 15.2. The van der Waals surface area contributed by atoms with E-state index in [2.05, 4.69) is 10.6 Å². The fraction of sp³-hybridized carbons (Fsp3) is 0.150. The number of nitrogens with one attached hydrogen (secondary N) is 2. The standard InChI is InChI=1S/C20H18F2N2O4/c1-12(19(26)24-15-8-9-16(21)17(22)11-15)28-20(27)18(23-13(2)25)10-14-6-4-3-5-7-14/h3-12H,1-2H3,(H,23,25)(H,24,26)/b18-10-/t12-/m1/s1. The Labute approximate surface area is 160 Å². The van der Waals surface area contributed by atoms with Crippen LogP contribution < -0.4 is 10.6 Å². The van der Waals surface area contributed by atoms with E-state index in [0.29, 0.717) is 5.56 Å². The normalized spacial score (nSPS) is 12.1. The van der Waals surface area contributed by atoms with Crippen LogP contribution in [0.25, 0.3) is 6.08 Å². The first-order chi connectivity index (χ1) is 13.3. The number of ether oxygens (including phenoxy) is 1. The molecular weight excluding hydrogens is 370 g/mol. The summed E-state index contributed by atoms with van der Waals surface area (Å²) >= 11 is 0. The SMILES string of the molecule is CC(=O)N/C(=C\c1ccccc1)C(=O)O[C@H](C)C(=O)Nc1ccc(F)c(F)c1. The Balaban J connectivity index is 2.08. The lowest BCUT2D eigenvalue weighted by atomic mass is 10.2. The average Bonchev–Trinajstić information content (AvgIpc) is 2.64. The highest BCUT2D eigenvalue weighted by Gasteiger charge is 2.21. The van der Waals surface area contributed by atoms with Crippen LogP contribution in [-0.2, 0) is 19.1 Å². The van der Waals surface area contributed by atoms with Gasteiger partial charge in [0.2, 0.25) is 5.91 Å². The second-order valence-electron chi connectivity index (χ2n) is 5.82. The summed E-state index contributed by atoms with van der Waals surface area (Å²) in [5, 5.41) is 4.68. The molecule has 0 aromatic heterocycles. The molecule has 0 radical (unpaired) electrons. The molecule has 0 fully saturated rings.